The van der Waals surface area contributed by atoms with E-state index in [4.69, 9.17) is 14.2 Å². The van der Waals surface area contributed by atoms with Crippen LogP contribution in [0.1, 0.15) is 40.2 Å². The molecule has 7 nitrogen and oxygen atoms in total. The second-order valence-corrected chi connectivity index (χ2v) is 9.72. The number of nitrogens with one attached hydrogen (secondary N) is 1. The molecule has 0 radical (unpaired) electrons. The summed E-state index contributed by atoms with van der Waals surface area (Å²) in [6, 6.07) is 13.0. The first kappa shape index (κ1) is 28.5. The minimum absolute atomic E-state index is 0.0322. The lowest BCUT2D eigenvalue weighted by Gasteiger charge is -2.27. The van der Waals surface area contributed by atoms with Crippen LogP contribution >= 0.6 is 0 Å². The van der Waals surface area contributed by atoms with Crippen molar-refractivity contribution in [3.63, 3.8) is 0 Å². The summed E-state index contributed by atoms with van der Waals surface area (Å²) in [5.41, 5.74) is 0.665. The Labute approximate surface area is 198 Å². The van der Waals surface area contributed by atoms with Crippen molar-refractivity contribution in [2.75, 3.05) is 33.4 Å². The average Bonchev–Trinajstić information content (AvgIpc) is 2.80. The molecule has 0 aliphatic carbocycles. The number of sulfone groups is 1. The van der Waals surface area contributed by atoms with Crippen LogP contribution in [0, 0.1) is 0 Å². The molecule has 0 aliphatic rings. The Morgan fingerprint density at radius 1 is 0.939 bits per heavy atom. The van der Waals surface area contributed by atoms with Gasteiger partial charge in [-0.3, -0.25) is 4.79 Å². The number of ether oxygens (including phenoxy) is 3. The summed E-state index contributed by atoms with van der Waals surface area (Å²) < 4.78 is 40.7. The highest BCUT2D eigenvalue weighted by atomic mass is 32.2. The number of hydrogen-bond donors (Lipinski definition) is 1. The van der Waals surface area contributed by atoms with E-state index < -0.39 is 20.6 Å². The number of benzene rings is 2. The highest BCUT2D eigenvalue weighted by Gasteiger charge is 2.48. The zero-order chi connectivity index (χ0) is 24.9. The molecule has 0 saturated heterocycles. The molecule has 0 bridgehead atoms. The van der Waals surface area contributed by atoms with E-state index in [0.29, 0.717) is 23.7 Å². The lowest BCUT2D eigenvalue weighted by molar-refractivity contribution is -0.145. The van der Waals surface area contributed by atoms with E-state index in [1.54, 1.807) is 43.3 Å². The van der Waals surface area contributed by atoms with Crippen LogP contribution in [-0.2, 0) is 25.8 Å². The Bertz CT molecular complexity index is 957. The van der Waals surface area contributed by atoms with Crippen LogP contribution in [0.2, 0.25) is 0 Å². The van der Waals surface area contributed by atoms with Gasteiger partial charge in [0.05, 0.1) is 25.2 Å². The SMILES string of the molecule is CCNCC.CCOC(=O)C(C)(Cc1cccc(OCC)c1)S(=O)(=O)c1ccc(OC)cc1. The second kappa shape index (κ2) is 13.9. The van der Waals surface area contributed by atoms with Gasteiger partial charge in [0.1, 0.15) is 11.5 Å². The van der Waals surface area contributed by atoms with Crippen molar-refractivity contribution >= 4 is 15.8 Å². The lowest BCUT2D eigenvalue weighted by atomic mass is 10.00. The van der Waals surface area contributed by atoms with Crippen molar-refractivity contribution < 1.29 is 27.4 Å². The summed E-state index contributed by atoms with van der Waals surface area (Å²) in [5.74, 6) is 0.363. The standard InChI is InChI=1S/C21H26O6S.C4H11N/c1-5-26-18-9-7-8-16(14-18)15-21(3,20(22)27-6-2)28(23,24)19-12-10-17(25-4)11-13-19;1-3-5-4-2/h7-14H,5-6,15H2,1-4H3;5H,3-4H2,1-2H3. The van der Waals surface area contributed by atoms with Gasteiger partial charge in [-0.05, 0) is 75.8 Å². The minimum Gasteiger partial charge on any atom is -0.497 e. The quantitative estimate of drug-likeness (QED) is 0.486. The van der Waals surface area contributed by atoms with Crippen LogP contribution in [-0.4, -0.2) is 52.5 Å². The van der Waals surface area contributed by atoms with Crippen LogP contribution in [0.3, 0.4) is 0 Å². The largest absolute Gasteiger partial charge is 0.497 e. The molecule has 0 aliphatic heterocycles. The molecule has 1 N–H and O–H groups in total. The molecule has 0 saturated carbocycles. The minimum atomic E-state index is -4.04. The third-order valence-corrected chi connectivity index (χ3v) is 7.31. The molecule has 8 heteroatoms. The molecule has 0 spiro atoms. The summed E-state index contributed by atoms with van der Waals surface area (Å²) in [5, 5.41) is 3.11. The van der Waals surface area contributed by atoms with Crippen molar-refractivity contribution in [2.45, 2.75) is 50.7 Å². The molecule has 33 heavy (non-hydrogen) atoms. The van der Waals surface area contributed by atoms with Gasteiger partial charge in [-0.15, -0.1) is 0 Å². The predicted octanol–water partition coefficient (Wildman–Crippen LogP) is 4.05. The molecule has 2 rings (SSSR count). The fourth-order valence-electron chi connectivity index (χ4n) is 3.13. The van der Waals surface area contributed by atoms with Gasteiger partial charge in [0.15, 0.2) is 14.6 Å². The predicted molar refractivity (Wildman–Crippen MR) is 131 cm³/mol. The van der Waals surface area contributed by atoms with Crippen molar-refractivity contribution in [2.24, 2.45) is 0 Å². The van der Waals surface area contributed by atoms with Crippen molar-refractivity contribution in [3.8, 4) is 11.5 Å². The lowest BCUT2D eigenvalue weighted by Crippen LogP contribution is -2.46. The first-order valence-corrected chi connectivity index (χ1v) is 12.7. The zero-order valence-electron chi connectivity index (χ0n) is 20.5. The van der Waals surface area contributed by atoms with Gasteiger partial charge in [0.2, 0.25) is 0 Å². The second-order valence-electron chi connectivity index (χ2n) is 7.34. The fourth-order valence-corrected chi connectivity index (χ4v) is 4.78. The molecule has 1 unspecified atom stereocenters. The van der Waals surface area contributed by atoms with Crippen molar-refractivity contribution in [1.82, 2.24) is 5.32 Å². The third-order valence-electron chi connectivity index (χ3n) is 4.92. The first-order chi connectivity index (χ1) is 15.7. The van der Waals surface area contributed by atoms with Crippen molar-refractivity contribution in [3.05, 3.63) is 54.1 Å². The number of carbonyl (C=O) groups is 1. The van der Waals surface area contributed by atoms with E-state index in [9.17, 15) is 13.2 Å². The maximum atomic E-state index is 13.4. The highest BCUT2D eigenvalue weighted by molar-refractivity contribution is 7.93. The molecule has 1 atom stereocenters. The van der Waals surface area contributed by atoms with Gasteiger partial charge in [-0.2, -0.15) is 0 Å². The third kappa shape index (κ3) is 7.75. The van der Waals surface area contributed by atoms with Gasteiger partial charge in [0, 0.05) is 6.42 Å². The molecule has 0 fully saturated rings. The van der Waals surface area contributed by atoms with E-state index in [2.05, 4.69) is 19.2 Å². The fraction of sp³-hybridized carbons (Fsp3) is 0.480. The molecule has 2 aromatic rings. The Kier molecular flexibility index (Phi) is 11.9. The molecule has 2 aromatic carbocycles. The summed E-state index contributed by atoms with van der Waals surface area (Å²) in [4.78, 5) is 12.8. The van der Waals surface area contributed by atoms with Crippen LogP contribution in [0.15, 0.2) is 53.4 Å². The molecular formula is C25H37NO6S. The van der Waals surface area contributed by atoms with Crippen LogP contribution < -0.4 is 14.8 Å². The van der Waals surface area contributed by atoms with Crippen LogP contribution in [0.25, 0.3) is 0 Å². The summed E-state index contributed by atoms with van der Waals surface area (Å²) in [6.07, 6.45) is -0.0406. The first-order valence-electron chi connectivity index (χ1n) is 11.2. The van der Waals surface area contributed by atoms with E-state index in [1.165, 1.54) is 26.2 Å². The number of esters is 1. The molecular weight excluding hydrogens is 442 g/mol. The molecule has 0 amide bonds. The van der Waals surface area contributed by atoms with Gasteiger partial charge >= 0.3 is 5.97 Å². The van der Waals surface area contributed by atoms with E-state index in [-0.39, 0.29) is 17.9 Å². The maximum absolute atomic E-state index is 13.4. The van der Waals surface area contributed by atoms with Gasteiger partial charge in [0.25, 0.3) is 0 Å². The van der Waals surface area contributed by atoms with E-state index in [0.717, 1.165) is 13.1 Å². The number of carbonyl (C=O) groups excluding carboxylic acids is 1. The number of methoxy groups -OCH3 is 1. The smallest absolute Gasteiger partial charge is 0.327 e. The number of rotatable bonds is 11. The zero-order valence-corrected chi connectivity index (χ0v) is 21.3. The number of hydrogen-bond acceptors (Lipinski definition) is 7. The van der Waals surface area contributed by atoms with Crippen LogP contribution in [0.5, 0.6) is 11.5 Å². The molecule has 184 valence electrons. The Morgan fingerprint density at radius 2 is 1.58 bits per heavy atom. The molecule has 0 aromatic heterocycles. The van der Waals surface area contributed by atoms with Crippen molar-refractivity contribution in [1.29, 1.82) is 0 Å². The highest BCUT2D eigenvalue weighted by Crippen LogP contribution is 2.32. The monoisotopic (exact) mass is 479 g/mol. The Hall–Kier alpha value is -2.58. The van der Waals surface area contributed by atoms with Crippen LogP contribution in [0.4, 0.5) is 0 Å². The summed E-state index contributed by atoms with van der Waals surface area (Å²) in [7, 11) is -2.54. The summed E-state index contributed by atoms with van der Waals surface area (Å²) in [6.45, 7) is 11.9. The summed E-state index contributed by atoms with van der Waals surface area (Å²) >= 11 is 0. The van der Waals surface area contributed by atoms with Gasteiger partial charge in [-0.25, -0.2) is 8.42 Å². The Balaban J connectivity index is 0.000000981. The van der Waals surface area contributed by atoms with Gasteiger partial charge < -0.3 is 19.5 Å². The average molecular weight is 480 g/mol. The Morgan fingerprint density at radius 3 is 2.06 bits per heavy atom. The van der Waals surface area contributed by atoms with Gasteiger partial charge in [-0.1, -0.05) is 26.0 Å². The molecule has 0 heterocycles. The van der Waals surface area contributed by atoms with E-state index >= 15 is 0 Å². The van der Waals surface area contributed by atoms with E-state index in [1.807, 2.05) is 6.92 Å². The topological polar surface area (TPSA) is 90.9 Å². The maximum Gasteiger partial charge on any atom is 0.327 e. The normalized spacial score (nSPS) is 12.7.